The Morgan fingerprint density at radius 1 is 0.935 bits per heavy atom. The van der Waals surface area contributed by atoms with Gasteiger partial charge in [0.2, 0.25) is 0 Å². The minimum Gasteiger partial charge on any atom is -0.491 e. The van der Waals surface area contributed by atoms with Crippen LogP contribution in [-0.2, 0) is 16.8 Å². The van der Waals surface area contributed by atoms with Crippen LogP contribution in [0.15, 0.2) is 66.7 Å². The van der Waals surface area contributed by atoms with E-state index in [4.69, 9.17) is 4.74 Å². The Morgan fingerprint density at radius 2 is 1.65 bits per heavy atom. The number of hydrogen-bond acceptors (Lipinski definition) is 4. The number of carbonyl (C=O) groups excluding carboxylic acids is 2. The average Bonchev–Trinajstić information content (AvgIpc) is 3.23. The van der Waals surface area contributed by atoms with Crippen LogP contribution in [0.25, 0.3) is 22.2 Å². The molecule has 1 aliphatic heterocycles. The van der Waals surface area contributed by atoms with Crippen molar-refractivity contribution in [1.82, 2.24) is 9.88 Å². The molecule has 0 saturated heterocycles. The van der Waals surface area contributed by atoms with Crippen molar-refractivity contribution in [3.05, 3.63) is 89.0 Å². The first-order chi connectivity index (χ1) is 22.2. The summed E-state index contributed by atoms with van der Waals surface area (Å²) in [6, 6.07) is 21.1. The summed E-state index contributed by atoms with van der Waals surface area (Å²) in [4.78, 5) is 39.1. The van der Waals surface area contributed by atoms with Crippen molar-refractivity contribution in [3.8, 4) is 17.0 Å². The lowest BCUT2D eigenvalue weighted by atomic mass is 9.68. The number of para-hydroxylation sites is 1. The van der Waals surface area contributed by atoms with E-state index in [0.29, 0.717) is 37.5 Å². The van der Waals surface area contributed by atoms with Gasteiger partial charge in [-0.15, -0.1) is 0 Å². The van der Waals surface area contributed by atoms with Crippen molar-refractivity contribution >= 4 is 28.6 Å². The molecule has 4 aromatic rings. The minimum absolute atomic E-state index is 0.0189. The van der Waals surface area contributed by atoms with Crippen molar-refractivity contribution in [3.63, 3.8) is 0 Å². The van der Waals surface area contributed by atoms with Crippen LogP contribution in [0.1, 0.15) is 109 Å². The summed E-state index contributed by atoms with van der Waals surface area (Å²) < 4.78 is 8.55. The smallest absolute Gasteiger partial charge is 0.335 e. The van der Waals surface area contributed by atoms with Crippen LogP contribution in [0.3, 0.4) is 0 Å². The predicted molar refractivity (Wildman–Crippen MR) is 179 cm³/mol. The van der Waals surface area contributed by atoms with Crippen molar-refractivity contribution in [2.75, 3.05) is 6.61 Å². The summed E-state index contributed by atoms with van der Waals surface area (Å²) in [5.41, 5.74) is 5.02. The second-order valence-corrected chi connectivity index (χ2v) is 14.1. The van der Waals surface area contributed by atoms with Gasteiger partial charge in [0.25, 0.3) is 5.91 Å². The second-order valence-electron chi connectivity index (χ2n) is 14.1. The standard InChI is InChI=1S/C39H42N2O5/c1-38(2,28-16-13-26(14-17-28)37(44)45)24-33(42)39(19-8-20-39)40-36(43)27-15-18-29-31(23-27)41-21-22-46-32-12-7-6-11-30(32)35(41)34(29)25-9-4-3-5-10-25/h6-7,11-18,23,25H,3-5,8-10,19-22,24H2,1-2H3,(H,40,43)(H,44,45). The molecular weight excluding hydrogens is 576 g/mol. The van der Waals surface area contributed by atoms with E-state index in [1.165, 1.54) is 48.7 Å². The van der Waals surface area contributed by atoms with Gasteiger partial charge >= 0.3 is 5.97 Å². The molecule has 7 nitrogen and oxygen atoms in total. The molecule has 3 aromatic carbocycles. The number of benzene rings is 3. The number of ketones is 1. The summed E-state index contributed by atoms with van der Waals surface area (Å²) in [6.45, 7) is 5.24. The highest BCUT2D eigenvalue weighted by Crippen LogP contribution is 2.47. The predicted octanol–water partition coefficient (Wildman–Crippen LogP) is 8.04. The lowest BCUT2D eigenvalue weighted by Crippen LogP contribution is -2.60. The molecule has 1 amide bonds. The highest BCUT2D eigenvalue weighted by Gasteiger charge is 2.46. The van der Waals surface area contributed by atoms with E-state index >= 15 is 0 Å². The van der Waals surface area contributed by atoms with Gasteiger partial charge in [0.1, 0.15) is 12.4 Å². The number of Topliss-reactive ketones (excluding diaryl/α,β-unsaturated/α-hetero) is 1. The molecule has 0 radical (unpaired) electrons. The first-order valence-corrected chi connectivity index (χ1v) is 16.7. The number of amides is 1. The minimum atomic E-state index is -0.977. The lowest BCUT2D eigenvalue weighted by molar-refractivity contribution is -0.129. The molecule has 0 unspecified atom stereocenters. The van der Waals surface area contributed by atoms with E-state index < -0.39 is 16.9 Å². The monoisotopic (exact) mass is 618 g/mol. The zero-order chi connectivity index (χ0) is 32.1. The van der Waals surface area contributed by atoms with E-state index in [0.717, 1.165) is 28.8 Å². The van der Waals surface area contributed by atoms with E-state index in [9.17, 15) is 19.5 Å². The summed E-state index contributed by atoms with van der Waals surface area (Å²) in [6.07, 6.45) is 8.45. The molecule has 46 heavy (non-hydrogen) atoms. The Hall–Kier alpha value is -4.39. The Bertz CT molecular complexity index is 1820. The highest BCUT2D eigenvalue weighted by atomic mass is 16.5. The number of hydrogen-bond donors (Lipinski definition) is 2. The summed E-state index contributed by atoms with van der Waals surface area (Å²) in [5.74, 6) is 0.196. The summed E-state index contributed by atoms with van der Waals surface area (Å²) in [7, 11) is 0. The molecule has 1 aromatic heterocycles. The van der Waals surface area contributed by atoms with Crippen LogP contribution in [0.4, 0.5) is 0 Å². The van der Waals surface area contributed by atoms with Crippen molar-refractivity contribution in [2.45, 2.75) is 95.1 Å². The number of nitrogens with one attached hydrogen (secondary N) is 1. The van der Waals surface area contributed by atoms with Gasteiger partial charge in [0.05, 0.1) is 23.3 Å². The van der Waals surface area contributed by atoms with Gasteiger partial charge in [-0.05, 0) is 91.0 Å². The first kappa shape index (κ1) is 30.3. The number of carboxylic acid groups (broad SMARTS) is 1. The van der Waals surface area contributed by atoms with Gasteiger partial charge in [0.15, 0.2) is 5.78 Å². The number of carboxylic acids is 1. The van der Waals surface area contributed by atoms with Crippen molar-refractivity contribution < 1.29 is 24.2 Å². The highest BCUT2D eigenvalue weighted by molar-refractivity contribution is 6.04. The fraction of sp³-hybridized carbons (Fsp3) is 0.410. The molecule has 0 atom stereocenters. The fourth-order valence-electron chi connectivity index (χ4n) is 7.91. The van der Waals surface area contributed by atoms with Crippen LogP contribution >= 0.6 is 0 Å². The van der Waals surface area contributed by atoms with E-state index in [-0.39, 0.29) is 23.7 Å². The van der Waals surface area contributed by atoms with Gasteiger partial charge in [-0.1, -0.05) is 63.4 Å². The van der Waals surface area contributed by atoms with Gasteiger partial charge in [0, 0.05) is 28.5 Å². The molecule has 2 heterocycles. The van der Waals surface area contributed by atoms with Crippen molar-refractivity contribution in [2.24, 2.45) is 0 Å². The zero-order valence-electron chi connectivity index (χ0n) is 26.7. The molecule has 7 rings (SSSR count). The molecule has 2 fully saturated rings. The molecular formula is C39H42N2O5. The number of ether oxygens (including phenoxy) is 1. The Balaban J connectivity index is 1.19. The third-order valence-corrected chi connectivity index (χ3v) is 10.7. The summed E-state index contributed by atoms with van der Waals surface area (Å²) in [5, 5.41) is 13.7. The third kappa shape index (κ3) is 5.29. The lowest BCUT2D eigenvalue weighted by Gasteiger charge is -2.43. The van der Waals surface area contributed by atoms with Crippen LogP contribution in [0.5, 0.6) is 5.75 Å². The molecule has 0 spiro atoms. The normalized spacial score (nSPS) is 17.6. The second kappa shape index (κ2) is 11.8. The SMILES string of the molecule is CC(C)(CC(=O)C1(NC(=O)c2ccc3c(C4CCCCC4)c4n(c3c2)CCOc2ccccc2-4)CCC1)c1ccc(C(=O)O)cc1. The van der Waals surface area contributed by atoms with E-state index in [2.05, 4.69) is 28.1 Å². The fourth-order valence-corrected chi connectivity index (χ4v) is 7.91. The molecule has 3 aliphatic rings. The molecule has 7 heteroatoms. The molecule has 2 saturated carbocycles. The van der Waals surface area contributed by atoms with Crippen LogP contribution < -0.4 is 10.1 Å². The number of aromatic carboxylic acids is 1. The van der Waals surface area contributed by atoms with Crippen molar-refractivity contribution in [1.29, 1.82) is 0 Å². The maximum atomic E-state index is 13.9. The van der Waals surface area contributed by atoms with E-state index in [1.54, 1.807) is 24.3 Å². The number of rotatable bonds is 8. The van der Waals surface area contributed by atoms with Gasteiger partial charge in [-0.3, -0.25) is 9.59 Å². The Labute approximate surface area is 270 Å². The molecule has 238 valence electrons. The zero-order valence-corrected chi connectivity index (χ0v) is 26.7. The largest absolute Gasteiger partial charge is 0.491 e. The van der Waals surface area contributed by atoms with E-state index in [1.807, 2.05) is 38.1 Å². The van der Waals surface area contributed by atoms with Gasteiger partial charge in [-0.2, -0.15) is 0 Å². The molecule has 2 aliphatic carbocycles. The Morgan fingerprint density at radius 3 is 2.35 bits per heavy atom. The quantitative estimate of drug-likeness (QED) is 0.208. The van der Waals surface area contributed by atoms with Gasteiger partial charge in [-0.25, -0.2) is 4.79 Å². The van der Waals surface area contributed by atoms with Crippen LogP contribution in [0.2, 0.25) is 0 Å². The number of nitrogens with zero attached hydrogens (tertiary/aromatic N) is 1. The maximum Gasteiger partial charge on any atom is 0.335 e. The molecule has 2 N–H and O–H groups in total. The number of carbonyl (C=O) groups is 3. The average molecular weight is 619 g/mol. The number of fused-ring (bicyclic) bond motifs is 5. The first-order valence-electron chi connectivity index (χ1n) is 16.7. The number of aromatic nitrogens is 1. The van der Waals surface area contributed by atoms with Gasteiger partial charge < -0.3 is 19.7 Å². The molecule has 0 bridgehead atoms. The topological polar surface area (TPSA) is 97.6 Å². The summed E-state index contributed by atoms with van der Waals surface area (Å²) >= 11 is 0. The van der Waals surface area contributed by atoms with Crippen LogP contribution in [-0.4, -0.2) is 39.5 Å². The Kier molecular flexibility index (Phi) is 7.74. The maximum absolute atomic E-state index is 13.9. The third-order valence-electron chi connectivity index (χ3n) is 10.7. The van der Waals surface area contributed by atoms with Crippen LogP contribution in [0, 0.1) is 0 Å².